The molecule has 0 unspecified atom stereocenters. The summed E-state index contributed by atoms with van der Waals surface area (Å²) in [5.74, 6) is -17.2. The summed E-state index contributed by atoms with van der Waals surface area (Å²) < 4.78 is 127. The van der Waals surface area contributed by atoms with Gasteiger partial charge in [0, 0.05) is 5.56 Å². The average Bonchev–Trinajstić information content (AvgIpc) is 2.34. The Balaban J connectivity index is 3.22. The number of carbonyl (C=O) groups is 1. The summed E-state index contributed by atoms with van der Waals surface area (Å²) in [6.07, 6.45) is -12.0. The molecule has 12 heteroatoms. The highest BCUT2D eigenvalue weighted by Crippen LogP contribution is 2.47. The van der Waals surface area contributed by atoms with Crippen molar-refractivity contribution in [2.45, 2.75) is 24.4 Å². The molecular formula is C11H4F10O2. The molecular weight excluding hydrogens is 354 g/mol. The van der Waals surface area contributed by atoms with Crippen molar-refractivity contribution in [1.82, 2.24) is 0 Å². The molecule has 0 aliphatic heterocycles. The van der Waals surface area contributed by atoms with Crippen molar-refractivity contribution in [1.29, 1.82) is 0 Å². The number of ether oxygens (including phenoxy) is 1. The molecule has 0 amide bonds. The zero-order valence-corrected chi connectivity index (χ0v) is 10.4. The van der Waals surface area contributed by atoms with Gasteiger partial charge < -0.3 is 4.74 Å². The van der Waals surface area contributed by atoms with E-state index in [-0.39, 0.29) is 6.07 Å². The first-order valence-electron chi connectivity index (χ1n) is 5.32. The summed E-state index contributed by atoms with van der Waals surface area (Å²) >= 11 is 0. The van der Waals surface area contributed by atoms with Crippen LogP contribution < -0.4 is 4.74 Å². The molecule has 130 valence electrons. The Morgan fingerprint density at radius 1 is 0.870 bits per heavy atom. The molecule has 0 radical (unpaired) electrons. The fourth-order valence-corrected chi connectivity index (χ4v) is 1.34. The molecule has 1 rings (SSSR count). The van der Waals surface area contributed by atoms with Gasteiger partial charge in [0.15, 0.2) is 0 Å². The minimum atomic E-state index is -6.74. The number of hydrogen-bond acceptors (Lipinski definition) is 2. The number of rotatable bonds is 4. The minimum absolute atomic E-state index is 0.0316. The predicted molar refractivity (Wildman–Crippen MR) is 53.4 cm³/mol. The van der Waals surface area contributed by atoms with E-state index in [1.54, 1.807) is 0 Å². The second-order valence-corrected chi connectivity index (χ2v) is 4.05. The molecule has 0 aromatic heterocycles. The normalized spacial score (nSPS) is 13.8. The first kappa shape index (κ1) is 19.0. The molecule has 0 fully saturated rings. The van der Waals surface area contributed by atoms with E-state index in [0.717, 1.165) is 0 Å². The summed E-state index contributed by atoms with van der Waals surface area (Å²) in [4.78, 5) is 11.2. The van der Waals surface area contributed by atoms with Gasteiger partial charge in [0.2, 0.25) is 5.78 Å². The number of carbonyl (C=O) groups excluding carboxylic acids is 1. The third-order valence-corrected chi connectivity index (χ3v) is 2.37. The van der Waals surface area contributed by atoms with Crippen LogP contribution in [-0.2, 0) is 0 Å². The van der Waals surface area contributed by atoms with Crippen molar-refractivity contribution in [2.24, 2.45) is 0 Å². The topological polar surface area (TPSA) is 26.3 Å². The standard InChI is InChI=1S/C11H4F10O2/c12-8(13,9(14,15)10(16,17)18)7(22)5-2-1-3-6(4-5)23-11(19,20)21/h1-4H. The second kappa shape index (κ2) is 5.57. The molecule has 1 aromatic rings. The Bertz CT molecular complexity index is 587. The van der Waals surface area contributed by atoms with Gasteiger partial charge in [-0.15, -0.1) is 13.2 Å². The summed E-state index contributed by atoms with van der Waals surface area (Å²) in [5, 5.41) is 0. The van der Waals surface area contributed by atoms with Crippen LogP contribution in [0.2, 0.25) is 0 Å². The average molecular weight is 358 g/mol. The SMILES string of the molecule is O=C(c1cccc(OC(F)(F)F)c1)C(F)(F)C(F)(F)C(F)(F)F. The Labute approximate surface area is 120 Å². The van der Waals surface area contributed by atoms with Crippen molar-refractivity contribution in [3.63, 3.8) is 0 Å². The van der Waals surface area contributed by atoms with Gasteiger partial charge in [-0.3, -0.25) is 4.79 Å². The molecule has 0 saturated carbocycles. The highest BCUT2D eigenvalue weighted by Gasteiger charge is 2.76. The van der Waals surface area contributed by atoms with E-state index in [1.165, 1.54) is 0 Å². The Morgan fingerprint density at radius 2 is 1.39 bits per heavy atom. The highest BCUT2D eigenvalue weighted by molar-refractivity contribution is 6.02. The third kappa shape index (κ3) is 3.85. The maximum absolute atomic E-state index is 13.2. The molecule has 0 saturated heterocycles. The number of hydrogen-bond donors (Lipinski definition) is 0. The van der Waals surface area contributed by atoms with Gasteiger partial charge in [-0.1, -0.05) is 12.1 Å². The van der Waals surface area contributed by atoms with Crippen molar-refractivity contribution in [2.75, 3.05) is 0 Å². The minimum Gasteiger partial charge on any atom is -0.406 e. The van der Waals surface area contributed by atoms with Crippen LogP contribution in [0, 0.1) is 0 Å². The lowest BCUT2D eigenvalue weighted by atomic mass is 10.00. The summed E-state index contributed by atoms with van der Waals surface area (Å²) in [5.41, 5.74) is -1.51. The van der Waals surface area contributed by atoms with Crippen LogP contribution in [0.25, 0.3) is 0 Å². The number of benzene rings is 1. The van der Waals surface area contributed by atoms with E-state index in [1.807, 2.05) is 0 Å². The van der Waals surface area contributed by atoms with Crippen LogP contribution in [0.4, 0.5) is 43.9 Å². The van der Waals surface area contributed by atoms with Crippen molar-refractivity contribution >= 4 is 5.78 Å². The second-order valence-electron chi connectivity index (χ2n) is 4.05. The fourth-order valence-electron chi connectivity index (χ4n) is 1.34. The molecule has 2 nitrogen and oxygen atoms in total. The van der Waals surface area contributed by atoms with Gasteiger partial charge in [-0.2, -0.15) is 30.7 Å². The third-order valence-electron chi connectivity index (χ3n) is 2.37. The molecule has 23 heavy (non-hydrogen) atoms. The number of halogens is 10. The van der Waals surface area contributed by atoms with Gasteiger partial charge in [-0.05, 0) is 12.1 Å². The van der Waals surface area contributed by atoms with Crippen molar-refractivity contribution in [3.8, 4) is 5.75 Å². The predicted octanol–water partition coefficient (Wildman–Crippen LogP) is 4.60. The molecule has 0 aliphatic carbocycles. The fraction of sp³-hybridized carbons (Fsp3) is 0.364. The molecule has 0 N–H and O–H groups in total. The number of Topliss-reactive ketones (excluding diaryl/α,β-unsaturated/α-hetero) is 1. The lowest BCUT2D eigenvalue weighted by Gasteiger charge is -2.27. The summed E-state index contributed by atoms with van der Waals surface area (Å²) in [6.45, 7) is 0. The van der Waals surface area contributed by atoms with Gasteiger partial charge >= 0.3 is 24.4 Å². The van der Waals surface area contributed by atoms with E-state index in [4.69, 9.17) is 0 Å². The van der Waals surface area contributed by atoms with Gasteiger partial charge in [0.25, 0.3) is 0 Å². The number of alkyl halides is 10. The van der Waals surface area contributed by atoms with Crippen LogP contribution in [0.5, 0.6) is 5.75 Å². The van der Waals surface area contributed by atoms with Crippen LogP contribution >= 0.6 is 0 Å². The van der Waals surface area contributed by atoms with Gasteiger partial charge in [0.1, 0.15) is 5.75 Å². The van der Waals surface area contributed by atoms with Gasteiger partial charge in [-0.25, -0.2) is 0 Å². The zero-order valence-electron chi connectivity index (χ0n) is 10.4. The molecule has 1 aromatic carbocycles. The van der Waals surface area contributed by atoms with Crippen molar-refractivity contribution < 1.29 is 53.4 Å². The van der Waals surface area contributed by atoms with Crippen LogP contribution in [0.1, 0.15) is 10.4 Å². The maximum atomic E-state index is 13.2. The smallest absolute Gasteiger partial charge is 0.406 e. The molecule has 0 heterocycles. The van der Waals surface area contributed by atoms with E-state index in [9.17, 15) is 48.7 Å². The quantitative estimate of drug-likeness (QED) is 0.581. The lowest BCUT2D eigenvalue weighted by molar-refractivity contribution is -0.339. The van der Waals surface area contributed by atoms with Gasteiger partial charge in [0.05, 0.1) is 0 Å². The van der Waals surface area contributed by atoms with E-state index < -0.39 is 41.5 Å². The van der Waals surface area contributed by atoms with Crippen molar-refractivity contribution in [3.05, 3.63) is 29.8 Å². The molecule has 0 atom stereocenters. The Hall–Kier alpha value is -2.01. The first-order valence-corrected chi connectivity index (χ1v) is 5.32. The summed E-state index contributed by atoms with van der Waals surface area (Å²) in [6, 6.07) is 1.38. The first-order chi connectivity index (χ1) is 10.1. The summed E-state index contributed by atoms with van der Waals surface area (Å²) in [7, 11) is 0. The molecule has 0 aliphatic rings. The highest BCUT2D eigenvalue weighted by atomic mass is 19.4. The Morgan fingerprint density at radius 3 is 1.83 bits per heavy atom. The van der Waals surface area contributed by atoms with Crippen LogP contribution in [-0.4, -0.2) is 30.2 Å². The molecule has 0 bridgehead atoms. The zero-order chi connectivity index (χ0) is 18.3. The van der Waals surface area contributed by atoms with E-state index >= 15 is 0 Å². The molecule has 0 spiro atoms. The monoisotopic (exact) mass is 358 g/mol. The van der Waals surface area contributed by atoms with E-state index in [0.29, 0.717) is 18.2 Å². The maximum Gasteiger partial charge on any atom is 0.573 e. The lowest BCUT2D eigenvalue weighted by Crippen LogP contribution is -2.56. The van der Waals surface area contributed by atoms with Crippen LogP contribution in [0.15, 0.2) is 24.3 Å². The largest absolute Gasteiger partial charge is 0.573 e. The number of ketones is 1. The van der Waals surface area contributed by atoms with E-state index in [2.05, 4.69) is 4.74 Å². The Kier molecular flexibility index (Phi) is 4.61. The van der Waals surface area contributed by atoms with Crippen LogP contribution in [0.3, 0.4) is 0 Å².